The Morgan fingerprint density at radius 3 is 2.76 bits per heavy atom. The van der Waals surface area contributed by atoms with E-state index in [1.54, 1.807) is 53.4 Å². The van der Waals surface area contributed by atoms with Crippen LogP contribution < -0.4 is 10.1 Å². The molecule has 170 valence electrons. The first-order valence-electron chi connectivity index (χ1n) is 10.8. The third kappa shape index (κ3) is 4.52. The monoisotopic (exact) mass is 455 g/mol. The van der Waals surface area contributed by atoms with Gasteiger partial charge in [0.2, 0.25) is 0 Å². The summed E-state index contributed by atoms with van der Waals surface area (Å²) in [5.74, 6) is 0.436. The summed E-state index contributed by atoms with van der Waals surface area (Å²) in [5, 5.41) is 2.98. The average molecular weight is 455 g/mol. The Morgan fingerprint density at radius 2 is 1.97 bits per heavy atom. The first-order chi connectivity index (χ1) is 16.6. The second-order valence-corrected chi connectivity index (χ2v) is 7.87. The molecule has 1 amide bonds. The van der Waals surface area contributed by atoms with E-state index in [9.17, 15) is 9.18 Å². The van der Waals surface area contributed by atoms with Crippen LogP contribution in [0.4, 0.5) is 4.39 Å². The molecule has 8 heteroatoms. The number of carbonyl (C=O) groups excluding carboxylic acids is 1. The lowest BCUT2D eigenvalue weighted by Gasteiger charge is -2.19. The second-order valence-electron chi connectivity index (χ2n) is 7.87. The van der Waals surface area contributed by atoms with Crippen molar-refractivity contribution in [3.05, 3.63) is 120 Å². The topological polar surface area (TPSA) is 73.5 Å². The summed E-state index contributed by atoms with van der Waals surface area (Å²) >= 11 is 0. The molecule has 0 radical (unpaired) electrons. The maximum Gasteiger partial charge on any atom is 0.252 e. The summed E-state index contributed by atoms with van der Waals surface area (Å²) in [7, 11) is 1.83. The van der Waals surface area contributed by atoms with Crippen LogP contribution in [0.15, 0.2) is 91.5 Å². The van der Waals surface area contributed by atoms with Gasteiger partial charge in [0, 0.05) is 37.4 Å². The molecule has 0 fully saturated rings. The molecule has 0 saturated carbocycles. The number of aromatic nitrogens is 4. The van der Waals surface area contributed by atoms with E-state index in [0.29, 0.717) is 22.7 Å². The number of fused-ring (bicyclic) bond motifs is 1. The van der Waals surface area contributed by atoms with Gasteiger partial charge < -0.3 is 19.0 Å². The Morgan fingerprint density at radius 1 is 1.09 bits per heavy atom. The largest absolute Gasteiger partial charge is 0.487 e. The molecule has 0 bridgehead atoms. The highest BCUT2D eigenvalue weighted by Gasteiger charge is 2.22. The number of nitrogens with zero attached hydrogens (tertiary/aromatic N) is 4. The second kappa shape index (κ2) is 9.19. The number of aryl methyl sites for hydroxylation is 1. The molecule has 5 rings (SSSR count). The first-order valence-corrected chi connectivity index (χ1v) is 10.8. The van der Waals surface area contributed by atoms with E-state index in [2.05, 4.69) is 15.3 Å². The van der Waals surface area contributed by atoms with Crippen LogP contribution in [0.5, 0.6) is 5.75 Å². The lowest BCUT2D eigenvalue weighted by Crippen LogP contribution is -2.31. The van der Waals surface area contributed by atoms with E-state index in [4.69, 9.17) is 4.74 Å². The van der Waals surface area contributed by atoms with Crippen molar-refractivity contribution in [1.82, 2.24) is 24.3 Å². The number of carbonyl (C=O) groups is 1. The zero-order valence-electron chi connectivity index (χ0n) is 18.4. The van der Waals surface area contributed by atoms with Gasteiger partial charge in [0.05, 0.1) is 5.69 Å². The highest BCUT2D eigenvalue weighted by atomic mass is 19.1. The van der Waals surface area contributed by atoms with E-state index in [1.165, 1.54) is 12.1 Å². The van der Waals surface area contributed by atoms with Crippen molar-refractivity contribution in [1.29, 1.82) is 0 Å². The molecule has 1 atom stereocenters. The van der Waals surface area contributed by atoms with E-state index >= 15 is 0 Å². The summed E-state index contributed by atoms with van der Waals surface area (Å²) in [4.78, 5) is 22.0. The van der Waals surface area contributed by atoms with Gasteiger partial charge in [-0.2, -0.15) is 0 Å². The van der Waals surface area contributed by atoms with Gasteiger partial charge in [0.25, 0.3) is 5.91 Å². The Balaban J connectivity index is 1.34. The van der Waals surface area contributed by atoms with Crippen LogP contribution in [0, 0.1) is 5.82 Å². The molecule has 34 heavy (non-hydrogen) atoms. The quantitative estimate of drug-likeness (QED) is 0.397. The number of imidazole rings is 2. The molecule has 0 spiro atoms. The third-order valence-electron chi connectivity index (χ3n) is 5.47. The lowest BCUT2D eigenvalue weighted by atomic mass is 10.0. The normalized spacial score (nSPS) is 11.9. The Hall–Kier alpha value is -4.46. The number of hydrogen-bond acceptors (Lipinski definition) is 4. The van der Waals surface area contributed by atoms with Gasteiger partial charge in [-0.25, -0.2) is 14.4 Å². The summed E-state index contributed by atoms with van der Waals surface area (Å²) in [5.41, 5.74) is 2.64. The Kier molecular flexibility index (Phi) is 5.78. The van der Waals surface area contributed by atoms with Crippen LogP contribution in [-0.2, 0) is 13.7 Å². The molecule has 2 aromatic carbocycles. The van der Waals surface area contributed by atoms with Crippen LogP contribution in [-0.4, -0.2) is 24.8 Å². The van der Waals surface area contributed by atoms with Crippen molar-refractivity contribution in [2.75, 3.05) is 0 Å². The molecule has 0 aliphatic carbocycles. The number of halogens is 1. The molecular formula is C26H22FN5O2. The molecular weight excluding hydrogens is 433 g/mol. The minimum Gasteiger partial charge on any atom is -0.487 e. The average Bonchev–Trinajstić information content (AvgIpc) is 3.47. The molecule has 3 heterocycles. The zero-order chi connectivity index (χ0) is 23.5. The highest BCUT2D eigenvalue weighted by Crippen LogP contribution is 2.23. The van der Waals surface area contributed by atoms with Crippen LogP contribution in [0.2, 0.25) is 0 Å². The van der Waals surface area contributed by atoms with Gasteiger partial charge in [0.15, 0.2) is 0 Å². The summed E-state index contributed by atoms with van der Waals surface area (Å²) < 4.78 is 23.5. The fourth-order valence-electron chi connectivity index (χ4n) is 3.79. The minimum absolute atomic E-state index is 0.270. The van der Waals surface area contributed by atoms with Gasteiger partial charge in [0.1, 0.15) is 35.7 Å². The van der Waals surface area contributed by atoms with Gasteiger partial charge in [-0.1, -0.05) is 24.3 Å². The SMILES string of the molecule is Cn1ccnc1C(NC(=O)c1cccc(OCc2cn3ccccc3n2)c1)c1cccc(F)c1. The van der Waals surface area contributed by atoms with Gasteiger partial charge >= 0.3 is 0 Å². The Bertz CT molecular complexity index is 1430. The molecule has 1 N–H and O–H groups in total. The van der Waals surface area contributed by atoms with Crippen LogP contribution in [0.1, 0.15) is 33.5 Å². The van der Waals surface area contributed by atoms with Crippen molar-refractivity contribution < 1.29 is 13.9 Å². The molecule has 3 aromatic heterocycles. The number of hydrogen-bond donors (Lipinski definition) is 1. The van der Waals surface area contributed by atoms with Crippen LogP contribution in [0.3, 0.4) is 0 Å². The fraction of sp³-hybridized carbons (Fsp3) is 0.115. The lowest BCUT2D eigenvalue weighted by molar-refractivity contribution is 0.0940. The molecule has 0 aliphatic rings. The molecule has 1 unspecified atom stereocenters. The third-order valence-corrected chi connectivity index (χ3v) is 5.47. The van der Waals surface area contributed by atoms with Crippen molar-refractivity contribution >= 4 is 11.6 Å². The van der Waals surface area contributed by atoms with Crippen LogP contribution in [0.25, 0.3) is 5.65 Å². The Labute approximate surface area is 195 Å². The zero-order valence-corrected chi connectivity index (χ0v) is 18.4. The van der Waals surface area contributed by atoms with Gasteiger partial charge in [-0.05, 0) is 48.0 Å². The fourth-order valence-corrected chi connectivity index (χ4v) is 3.79. The maximum atomic E-state index is 13.9. The smallest absolute Gasteiger partial charge is 0.252 e. The van der Waals surface area contributed by atoms with E-state index in [1.807, 2.05) is 42.0 Å². The number of rotatable bonds is 7. The van der Waals surface area contributed by atoms with Gasteiger partial charge in [-0.15, -0.1) is 0 Å². The summed E-state index contributed by atoms with van der Waals surface area (Å²) in [6.45, 7) is 0.270. The van der Waals surface area contributed by atoms with E-state index in [0.717, 1.165) is 11.3 Å². The number of pyridine rings is 1. The predicted molar refractivity (Wildman–Crippen MR) is 125 cm³/mol. The summed E-state index contributed by atoms with van der Waals surface area (Å²) in [6, 6.07) is 18.2. The van der Waals surface area contributed by atoms with Crippen molar-refractivity contribution in [3.63, 3.8) is 0 Å². The van der Waals surface area contributed by atoms with E-state index < -0.39 is 6.04 Å². The number of ether oxygens (including phenoxy) is 1. The summed E-state index contributed by atoms with van der Waals surface area (Å²) in [6.07, 6.45) is 7.25. The molecule has 7 nitrogen and oxygen atoms in total. The number of benzene rings is 2. The van der Waals surface area contributed by atoms with Crippen molar-refractivity contribution in [2.24, 2.45) is 7.05 Å². The standard InChI is InChI=1S/C26H22FN5O2/c1-31-13-11-28-25(31)24(18-6-4-8-20(27)14-18)30-26(33)19-7-5-9-22(15-19)34-17-21-16-32-12-3-2-10-23(32)29-21/h2-16,24H,17H2,1H3,(H,30,33). The first kappa shape index (κ1) is 21.4. The number of amides is 1. The van der Waals surface area contributed by atoms with E-state index in [-0.39, 0.29) is 18.3 Å². The van der Waals surface area contributed by atoms with Crippen molar-refractivity contribution in [2.45, 2.75) is 12.6 Å². The van der Waals surface area contributed by atoms with Crippen LogP contribution >= 0.6 is 0 Å². The highest BCUT2D eigenvalue weighted by molar-refractivity contribution is 5.95. The predicted octanol–water partition coefficient (Wildman–Crippen LogP) is 4.31. The number of nitrogens with one attached hydrogen (secondary N) is 1. The molecule has 0 saturated heterocycles. The molecule has 0 aliphatic heterocycles. The van der Waals surface area contributed by atoms with Gasteiger partial charge in [-0.3, -0.25) is 4.79 Å². The van der Waals surface area contributed by atoms with Crippen molar-refractivity contribution in [3.8, 4) is 5.75 Å². The molecule has 5 aromatic rings. The minimum atomic E-state index is -0.620. The maximum absolute atomic E-state index is 13.9.